The number of benzene rings is 6. The fraction of sp³-hybridized carbons (Fsp3) is 0. The largest absolute Gasteiger partial charge is 0.135 e. The smallest absolute Gasteiger partial charge is 0.0440 e. The normalized spacial score (nSPS) is 11.6. The molecule has 6 aromatic carbocycles. The zero-order valence-electron chi connectivity index (χ0n) is 18.0. The minimum atomic E-state index is 1.27. The molecule has 0 aliphatic heterocycles. The number of thiophene rings is 1. The van der Waals surface area contributed by atoms with Gasteiger partial charge in [0, 0.05) is 26.1 Å². The van der Waals surface area contributed by atoms with Crippen molar-refractivity contribution in [2.24, 2.45) is 0 Å². The second-order valence-corrected chi connectivity index (χ2v) is 9.61. The van der Waals surface area contributed by atoms with Gasteiger partial charge in [0.15, 0.2) is 0 Å². The van der Waals surface area contributed by atoms with Crippen molar-refractivity contribution in [3.63, 3.8) is 0 Å². The Bertz CT molecular complexity index is 1810. The van der Waals surface area contributed by atoms with Crippen LogP contribution in [0.5, 0.6) is 0 Å². The Hall–Kier alpha value is -3.94. The van der Waals surface area contributed by atoms with Gasteiger partial charge in [-0.2, -0.15) is 0 Å². The van der Waals surface area contributed by atoms with Gasteiger partial charge in [0.1, 0.15) is 0 Å². The maximum Gasteiger partial charge on any atom is 0.0440 e. The van der Waals surface area contributed by atoms with Crippen LogP contribution in [0.3, 0.4) is 0 Å². The summed E-state index contributed by atoms with van der Waals surface area (Å²) in [5.74, 6) is 0. The van der Waals surface area contributed by atoms with E-state index in [-0.39, 0.29) is 0 Å². The molecule has 0 saturated carbocycles. The second-order valence-electron chi connectivity index (χ2n) is 8.56. The molecule has 0 spiro atoms. The molecule has 7 aromatic rings. The molecule has 0 atom stereocenters. The lowest BCUT2D eigenvalue weighted by molar-refractivity contribution is 1.68. The van der Waals surface area contributed by atoms with Crippen LogP contribution in [0.4, 0.5) is 0 Å². The van der Waals surface area contributed by atoms with Gasteiger partial charge >= 0.3 is 0 Å². The monoisotopic (exact) mass is 436 g/mol. The maximum absolute atomic E-state index is 2.35. The average molecular weight is 437 g/mol. The minimum absolute atomic E-state index is 1.27. The molecule has 7 rings (SSSR count). The quantitative estimate of drug-likeness (QED) is 0.187. The number of fused-ring (bicyclic) bond motifs is 5. The van der Waals surface area contributed by atoms with Crippen LogP contribution >= 0.6 is 11.3 Å². The van der Waals surface area contributed by atoms with Crippen LogP contribution in [-0.4, -0.2) is 0 Å². The van der Waals surface area contributed by atoms with Crippen molar-refractivity contribution >= 4 is 53.7 Å². The van der Waals surface area contributed by atoms with Gasteiger partial charge in [0.25, 0.3) is 0 Å². The molecule has 0 amide bonds. The van der Waals surface area contributed by atoms with E-state index in [1.807, 2.05) is 11.3 Å². The van der Waals surface area contributed by atoms with E-state index in [0.29, 0.717) is 0 Å². The molecule has 1 heteroatoms. The zero-order valence-corrected chi connectivity index (χ0v) is 18.8. The number of hydrogen-bond acceptors (Lipinski definition) is 1. The summed E-state index contributed by atoms with van der Waals surface area (Å²) in [6.07, 6.45) is 0. The van der Waals surface area contributed by atoms with Crippen LogP contribution in [0.25, 0.3) is 64.0 Å². The first kappa shape index (κ1) is 18.6. The van der Waals surface area contributed by atoms with E-state index in [4.69, 9.17) is 0 Å². The van der Waals surface area contributed by atoms with Crippen LogP contribution < -0.4 is 0 Å². The van der Waals surface area contributed by atoms with Gasteiger partial charge in [-0.1, -0.05) is 103 Å². The van der Waals surface area contributed by atoms with E-state index in [9.17, 15) is 0 Å². The molecule has 33 heavy (non-hydrogen) atoms. The standard InChI is InChI=1S/C32H20S/c1-2-9-21(10-3-1)31-28-13-6-7-16-30(28)33-32(31)27-15-8-14-25-26(27)18-17-24-19-22-11-4-5-12-23(22)20-29(24)25/h1-20H. The van der Waals surface area contributed by atoms with E-state index in [2.05, 4.69) is 121 Å². The van der Waals surface area contributed by atoms with E-state index in [1.54, 1.807) is 0 Å². The van der Waals surface area contributed by atoms with Crippen LogP contribution in [-0.2, 0) is 0 Å². The molecule has 0 nitrogen and oxygen atoms in total. The lowest BCUT2D eigenvalue weighted by Gasteiger charge is -2.12. The fourth-order valence-electron chi connectivity index (χ4n) is 5.11. The van der Waals surface area contributed by atoms with Crippen LogP contribution in [0.15, 0.2) is 121 Å². The SMILES string of the molecule is c1ccc(-c2c(-c3cccc4c3ccc3cc5ccccc5cc34)sc3ccccc23)cc1. The number of hydrogen-bond donors (Lipinski definition) is 0. The number of rotatable bonds is 2. The third kappa shape index (κ3) is 2.90. The third-order valence-electron chi connectivity index (χ3n) is 6.65. The van der Waals surface area contributed by atoms with E-state index in [0.717, 1.165) is 0 Å². The molecule has 0 radical (unpaired) electrons. The molecule has 0 saturated heterocycles. The van der Waals surface area contributed by atoms with Gasteiger partial charge < -0.3 is 0 Å². The lowest BCUT2D eigenvalue weighted by atomic mass is 9.93. The fourth-order valence-corrected chi connectivity index (χ4v) is 6.37. The molecule has 1 heterocycles. The molecular weight excluding hydrogens is 416 g/mol. The van der Waals surface area contributed by atoms with Crippen LogP contribution in [0.1, 0.15) is 0 Å². The van der Waals surface area contributed by atoms with E-state index in [1.165, 1.54) is 64.0 Å². The van der Waals surface area contributed by atoms with Crippen molar-refractivity contribution < 1.29 is 0 Å². The maximum atomic E-state index is 2.35. The Labute approximate surface area is 196 Å². The van der Waals surface area contributed by atoms with Crippen LogP contribution in [0, 0.1) is 0 Å². The highest BCUT2D eigenvalue weighted by molar-refractivity contribution is 7.23. The molecule has 0 bridgehead atoms. The molecule has 0 aliphatic carbocycles. The Balaban J connectivity index is 1.57. The summed E-state index contributed by atoms with van der Waals surface area (Å²) >= 11 is 1.89. The first-order chi connectivity index (χ1) is 16.4. The van der Waals surface area contributed by atoms with Gasteiger partial charge in [-0.15, -0.1) is 11.3 Å². The summed E-state index contributed by atoms with van der Waals surface area (Å²) in [6, 6.07) is 44.2. The predicted molar refractivity (Wildman–Crippen MR) is 145 cm³/mol. The van der Waals surface area contributed by atoms with Gasteiger partial charge in [0.05, 0.1) is 0 Å². The Morgan fingerprint density at radius 3 is 2.03 bits per heavy atom. The second kappa shape index (κ2) is 7.30. The Morgan fingerprint density at radius 2 is 1.15 bits per heavy atom. The summed E-state index contributed by atoms with van der Waals surface area (Å²) in [7, 11) is 0. The average Bonchev–Trinajstić information content (AvgIpc) is 3.27. The van der Waals surface area contributed by atoms with Crippen LogP contribution in [0.2, 0.25) is 0 Å². The minimum Gasteiger partial charge on any atom is -0.135 e. The summed E-state index contributed by atoms with van der Waals surface area (Å²) in [5.41, 5.74) is 3.92. The van der Waals surface area contributed by atoms with Crippen molar-refractivity contribution in [1.82, 2.24) is 0 Å². The van der Waals surface area contributed by atoms with Crippen molar-refractivity contribution in [3.8, 4) is 21.6 Å². The van der Waals surface area contributed by atoms with Gasteiger partial charge in [-0.25, -0.2) is 0 Å². The third-order valence-corrected chi connectivity index (χ3v) is 7.85. The molecule has 1 aromatic heterocycles. The zero-order chi connectivity index (χ0) is 21.8. The Morgan fingerprint density at radius 1 is 0.424 bits per heavy atom. The van der Waals surface area contributed by atoms with Gasteiger partial charge in [-0.3, -0.25) is 0 Å². The van der Waals surface area contributed by atoms with E-state index >= 15 is 0 Å². The molecule has 0 aliphatic rings. The molecule has 154 valence electrons. The predicted octanol–water partition coefficient (Wildman–Crippen LogP) is 9.69. The van der Waals surface area contributed by atoms with Gasteiger partial charge in [0.2, 0.25) is 0 Å². The molecular formula is C32H20S. The lowest BCUT2D eigenvalue weighted by Crippen LogP contribution is -1.85. The van der Waals surface area contributed by atoms with Crippen molar-refractivity contribution in [2.75, 3.05) is 0 Å². The molecule has 0 N–H and O–H groups in total. The van der Waals surface area contributed by atoms with E-state index < -0.39 is 0 Å². The molecule has 0 unspecified atom stereocenters. The summed E-state index contributed by atoms with van der Waals surface area (Å²) in [6.45, 7) is 0. The summed E-state index contributed by atoms with van der Waals surface area (Å²) in [5, 5.41) is 9.13. The van der Waals surface area contributed by atoms with Gasteiger partial charge in [-0.05, 0) is 56.1 Å². The topological polar surface area (TPSA) is 0 Å². The summed E-state index contributed by atoms with van der Waals surface area (Å²) in [4.78, 5) is 1.34. The highest BCUT2D eigenvalue weighted by Gasteiger charge is 2.17. The van der Waals surface area contributed by atoms with Crippen molar-refractivity contribution in [2.45, 2.75) is 0 Å². The highest BCUT2D eigenvalue weighted by Crippen LogP contribution is 2.47. The van der Waals surface area contributed by atoms with Crippen molar-refractivity contribution in [3.05, 3.63) is 121 Å². The summed E-state index contributed by atoms with van der Waals surface area (Å²) < 4.78 is 1.33. The highest BCUT2D eigenvalue weighted by atomic mass is 32.1. The first-order valence-electron chi connectivity index (χ1n) is 11.3. The molecule has 0 fully saturated rings. The first-order valence-corrected chi connectivity index (χ1v) is 12.1. The Kier molecular flexibility index (Phi) is 4.12. The van der Waals surface area contributed by atoms with Crippen molar-refractivity contribution in [1.29, 1.82) is 0 Å².